The first-order chi connectivity index (χ1) is 12.4. The Labute approximate surface area is 165 Å². The van der Waals surface area contributed by atoms with Crippen LogP contribution in [0.2, 0.25) is 0 Å². The molecule has 1 heterocycles. The molecule has 0 aliphatic carbocycles. The lowest BCUT2D eigenvalue weighted by atomic mass is 10.1. The monoisotopic (exact) mass is 422 g/mol. The molecule has 0 spiro atoms. The Morgan fingerprint density at radius 1 is 1.23 bits per heavy atom. The zero-order valence-corrected chi connectivity index (χ0v) is 16.5. The van der Waals surface area contributed by atoms with Crippen molar-refractivity contribution >= 4 is 40.7 Å². The highest BCUT2D eigenvalue weighted by molar-refractivity contribution is 6.51. The van der Waals surface area contributed by atoms with Crippen LogP contribution in [0, 0.1) is 0 Å². The molecule has 26 heavy (non-hydrogen) atoms. The number of hydrogen-bond acceptors (Lipinski definition) is 6. The van der Waals surface area contributed by atoms with E-state index in [9.17, 15) is 4.79 Å². The highest BCUT2D eigenvalue weighted by atomic mass is 35.5. The van der Waals surface area contributed by atoms with Crippen molar-refractivity contribution in [2.75, 3.05) is 27.2 Å². The number of ether oxygens (including phenoxy) is 3. The topological polar surface area (TPSA) is 87.5 Å². The van der Waals surface area contributed by atoms with Crippen LogP contribution in [0.1, 0.15) is 16.5 Å². The summed E-state index contributed by atoms with van der Waals surface area (Å²) in [7, 11) is 4.37. The van der Waals surface area contributed by atoms with E-state index in [0.717, 1.165) is 0 Å². The number of carbonyl (C=O) groups excluding carboxylic acids is 1. The third-order valence-electron chi connectivity index (χ3n) is 3.47. The van der Waals surface area contributed by atoms with Gasteiger partial charge >= 0.3 is 0 Å². The Morgan fingerprint density at radius 3 is 2.27 bits per heavy atom. The lowest BCUT2D eigenvalue weighted by molar-refractivity contribution is 0.0910. The Hall–Kier alpha value is -1.90. The molecule has 11 heteroatoms. The van der Waals surface area contributed by atoms with Crippen LogP contribution < -0.4 is 19.5 Å². The molecule has 1 amide bonds. The second kappa shape index (κ2) is 8.66. The Kier molecular flexibility index (Phi) is 6.80. The Balaban J connectivity index is 2.38. The highest BCUT2D eigenvalue weighted by Crippen LogP contribution is 2.39. The molecule has 2 rings (SSSR count). The van der Waals surface area contributed by atoms with Crippen LogP contribution in [0.3, 0.4) is 0 Å². The molecule has 142 valence electrons. The number of rotatable bonds is 8. The molecular formula is C15H17Cl3N4O4. The van der Waals surface area contributed by atoms with Crippen molar-refractivity contribution in [3.05, 3.63) is 30.4 Å². The first kappa shape index (κ1) is 20.4. The van der Waals surface area contributed by atoms with Crippen molar-refractivity contribution in [1.82, 2.24) is 20.1 Å². The molecule has 1 aromatic carbocycles. The van der Waals surface area contributed by atoms with E-state index < -0.39 is 16.4 Å². The predicted octanol–water partition coefficient (Wildman–Crippen LogP) is 2.65. The van der Waals surface area contributed by atoms with Crippen molar-refractivity contribution in [3.63, 3.8) is 0 Å². The van der Waals surface area contributed by atoms with Gasteiger partial charge < -0.3 is 19.5 Å². The number of amides is 1. The SMILES string of the molecule is COc1cc(C(=O)NC(n2cncn2)C(Cl)(Cl)CCl)cc(OC)c1OC. The molecule has 0 fully saturated rings. The third kappa shape index (κ3) is 4.25. The molecule has 1 aromatic heterocycles. The lowest BCUT2D eigenvalue weighted by Crippen LogP contribution is -2.44. The molecule has 1 atom stereocenters. The quantitative estimate of drug-likeness (QED) is 0.657. The van der Waals surface area contributed by atoms with Crippen molar-refractivity contribution in [1.29, 1.82) is 0 Å². The van der Waals surface area contributed by atoms with Gasteiger partial charge in [-0.2, -0.15) is 5.10 Å². The lowest BCUT2D eigenvalue weighted by Gasteiger charge is -2.28. The van der Waals surface area contributed by atoms with Gasteiger partial charge in [0.2, 0.25) is 5.75 Å². The van der Waals surface area contributed by atoms with Crippen LogP contribution in [0.5, 0.6) is 17.2 Å². The van der Waals surface area contributed by atoms with E-state index in [-0.39, 0.29) is 11.4 Å². The van der Waals surface area contributed by atoms with Crippen LogP contribution in [0.4, 0.5) is 0 Å². The summed E-state index contributed by atoms with van der Waals surface area (Å²) >= 11 is 18.3. The molecule has 0 radical (unpaired) electrons. The van der Waals surface area contributed by atoms with Crippen molar-refractivity contribution in [3.8, 4) is 17.2 Å². The zero-order valence-electron chi connectivity index (χ0n) is 14.2. The number of methoxy groups -OCH3 is 3. The van der Waals surface area contributed by atoms with Crippen molar-refractivity contribution < 1.29 is 19.0 Å². The maximum atomic E-state index is 12.8. The summed E-state index contributed by atoms with van der Waals surface area (Å²) in [5, 5.41) is 6.65. The van der Waals surface area contributed by atoms with Crippen LogP contribution in [0.25, 0.3) is 0 Å². The number of carbonyl (C=O) groups is 1. The van der Waals surface area contributed by atoms with Crippen LogP contribution in [0.15, 0.2) is 24.8 Å². The molecule has 0 saturated heterocycles. The van der Waals surface area contributed by atoms with Gasteiger partial charge in [-0.1, -0.05) is 23.2 Å². The molecule has 0 aliphatic rings. The molecule has 2 aromatic rings. The van der Waals surface area contributed by atoms with Crippen LogP contribution >= 0.6 is 34.8 Å². The molecular weight excluding hydrogens is 407 g/mol. The summed E-state index contributed by atoms with van der Waals surface area (Å²) in [5.74, 6) is 0.366. The molecule has 1 unspecified atom stereocenters. The maximum Gasteiger partial charge on any atom is 0.253 e. The number of hydrogen-bond donors (Lipinski definition) is 1. The van der Waals surface area contributed by atoms with E-state index in [1.54, 1.807) is 0 Å². The van der Waals surface area contributed by atoms with Crippen molar-refractivity contribution in [2.24, 2.45) is 0 Å². The first-order valence-electron chi connectivity index (χ1n) is 7.26. The van der Waals surface area contributed by atoms with E-state index in [1.807, 2.05) is 0 Å². The fourth-order valence-corrected chi connectivity index (χ4v) is 2.66. The normalized spacial score (nSPS) is 12.4. The first-order valence-corrected chi connectivity index (χ1v) is 8.55. The predicted molar refractivity (Wildman–Crippen MR) is 97.8 cm³/mol. The van der Waals surface area contributed by atoms with Crippen molar-refractivity contribution in [2.45, 2.75) is 10.5 Å². The summed E-state index contributed by atoms with van der Waals surface area (Å²) in [6.45, 7) is 0. The number of nitrogens with one attached hydrogen (secondary N) is 1. The summed E-state index contributed by atoms with van der Waals surface area (Å²) in [5.41, 5.74) is 0.239. The molecule has 1 N–H and O–H groups in total. The van der Waals surface area contributed by atoms with Gasteiger partial charge in [0.05, 0.1) is 27.2 Å². The van der Waals surface area contributed by atoms with E-state index >= 15 is 0 Å². The third-order valence-corrected chi connectivity index (χ3v) is 4.85. The highest BCUT2D eigenvalue weighted by Gasteiger charge is 2.38. The van der Waals surface area contributed by atoms with E-state index in [1.165, 1.54) is 50.8 Å². The van der Waals surface area contributed by atoms with Gasteiger partial charge in [-0.25, -0.2) is 9.67 Å². The summed E-state index contributed by atoms with van der Waals surface area (Å²) in [6, 6.07) is 3.00. The van der Waals surface area contributed by atoms with Gasteiger partial charge in [0, 0.05) is 5.56 Å². The fraction of sp³-hybridized carbons (Fsp3) is 0.400. The number of benzene rings is 1. The summed E-state index contributed by atoms with van der Waals surface area (Å²) < 4.78 is 15.5. The minimum absolute atomic E-state index is 0.157. The molecule has 8 nitrogen and oxygen atoms in total. The smallest absolute Gasteiger partial charge is 0.253 e. The second-order valence-electron chi connectivity index (χ2n) is 5.06. The van der Waals surface area contributed by atoms with Gasteiger partial charge in [0.25, 0.3) is 5.91 Å². The summed E-state index contributed by atoms with van der Waals surface area (Å²) in [4.78, 5) is 16.6. The van der Waals surface area contributed by atoms with Crippen LogP contribution in [-0.2, 0) is 0 Å². The number of nitrogens with zero attached hydrogens (tertiary/aromatic N) is 3. The van der Waals surface area contributed by atoms with Gasteiger partial charge in [-0.15, -0.1) is 11.6 Å². The summed E-state index contributed by atoms with van der Waals surface area (Å²) in [6.07, 6.45) is 1.69. The van der Waals surface area contributed by atoms with Gasteiger partial charge in [-0.05, 0) is 12.1 Å². The molecule has 0 aliphatic heterocycles. The number of alkyl halides is 3. The largest absolute Gasteiger partial charge is 0.493 e. The minimum atomic E-state index is -1.52. The standard InChI is InChI=1S/C15H17Cl3N4O4/c1-24-10-4-9(5-11(25-2)12(10)26-3)13(23)21-14(15(17,18)6-16)22-8-19-7-20-22/h4-5,7-8,14H,6H2,1-3H3,(H,21,23). The zero-order chi connectivity index (χ0) is 19.3. The second-order valence-corrected chi connectivity index (χ2v) is 6.87. The molecule has 0 bridgehead atoms. The Bertz CT molecular complexity index is 730. The average molecular weight is 424 g/mol. The maximum absolute atomic E-state index is 12.8. The number of halogens is 3. The van der Waals surface area contributed by atoms with E-state index in [4.69, 9.17) is 49.0 Å². The minimum Gasteiger partial charge on any atom is -0.493 e. The van der Waals surface area contributed by atoms with E-state index in [2.05, 4.69) is 15.4 Å². The van der Waals surface area contributed by atoms with Gasteiger partial charge in [-0.3, -0.25) is 4.79 Å². The van der Waals surface area contributed by atoms with E-state index in [0.29, 0.717) is 17.2 Å². The Morgan fingerprint density at radius 2 is 1.85 bits per heavy atom. The van der Waals surface area contributed by atoms with Gasteiger partial charge in [0.15, 0.2) is 22.0 Å². The van der Waals surface area contributed by atoms with Gasteiger partial charge in [0.1, 0.15) is 12.7 Å². The number of aromatic nitrogens is 3. The average Bonchev–Trinajstić information content (AvgIpc) is 3.18. The van der Waals surface area contributed by atoms with Crippen LogP contribution in [-0.4, -0.2) is 52.2 Å². The fourth-order valence-electron chi connectivity index (χ4n) is 2.21. The molecule has 0 saturated carbocycles.